The third-order valence-corrected chi connectivity index (χ3v) is 0. The Kier molecular flexibility index (Phi) is 59.2. The van der Waals surface area contributed by atoms with Gasteiger partial charge in [-0.1, -0.05) is 0 Å². The van der Waals surface area contributed by atoms with E-state index < -0.39 is 25.1 Å². The second-order valence-corrected chi connectivity index (χ2v) is 0.997. The van der Waals surface area contributed by atoms with Crippen molar-refractivity contribution in [1.82, 2.24) is 0 Å². The second-order valence-electron chi connectivity index (χ2n) is 0.997. The number of rotatable bonds is 0. The minimum absolute atomic E-state index is 0. The fourth-order valence-corrected chi connectivity index (χ4v) is 0. The van der Waals surface area contributed by atoms with Crippen molar-refractivity contribution in [2.24, 2.45) is 0 Å². The fraction of sp³-hybridized carbons (Fsp3) is 0.250. The van der Waals surface area contributed by atoms with Gasteiger partial charge in [0.05, 0.1) is 0 Å². The maximum atomic E-state index is 9.67. The van der Waals surface area contributed by atoms with Gasteiger partial charge < -0.3 is 45.0 Å². The summed E-state index contributed by atoms with van der Waals surface area (Å²) in [5.74, 6) is 0. The molecule has 18 heavy (non-hydrogen) atoms. The predicted molar refractivity (Wildman–Crippen MR) is 34.8 cm³/mol. The van der Waals surface area contributed by atoms with Crippen molar-refractivity contribution in [2.45, 2.75) is 6.68 Å². The Morgan fingerprint density at radius 2 is 0.611 bits per heavy atom. The average Bonchev–Trinajstić information content (AvgIpc) is 1.76. The molecular formula is C4HAl2F3O9. The molecule has 0 aliphatic rings. The molecule has 0 aromatic carbocycles. The van der Waals surface area contributed by atoms with Crippen LogP contribution in [0.1, 0.15) is 0 Å². The molecule has 0 radical (unpaired) electrons. The molecule has 0 amide bonds. The van der Waals surface area contributed by atoms with E-state index in [1.807, 2.05) is 0 Å². The van der Waals surface area contributed by atoms with E-state index in [0.717, 1.165) is 0 Å². The van der Waals surface area contributed by atoms with Crippen molar-refractivity contribution in [3.05, 3.63) is 0 Å². The molecule has 14 heteroatoms. The van der Waals surface area contributed by atoms with Crippen LogP contribution in [0, 0.1) is 0 Å². The first-order chi connectivity index (χ1) is 6.93. The number of hydrogen-bond acceptors (Lipinski definition) is 9. The molecular weight excluding hydrogens is 303 g/mol. The van der Waals surface area contributed by atoms with Gasteiger partial charge in [-0.15, -0.1) is 0 Å². The van der Waals surface area contributed by atoms with E-state index >= 15 is 0 Å². The van der Waals surface area contributed by atoms with Gasteiger partial charge in [0.2, 0.25) is 0 Å². The molecule has 0 N–H and O–H groups in total. The first-order valence-corrected chi connectivity index (χ1v) is 2.49. The van der Waals surface area contributed by atoms with Crippen LogP contribution < -0.4 is 30.6 Å². The van der Waals surface area contributed by atoms with Crippen molar-refractivity contribution < 1.29 is 58.2 Å². The Morgan fingerprint density at radius 1 is 0.611 bits per heavy atom. The molecule has 0 aliphatic carbocycles. The van der Waals surface area contributed by atoms with Crippen molar-refractivity contribution in [1.29, 1.82) is 0 Å². The van der Waals surface area contributed by atoms with Gasteiger partial charge in [0.15, 0.2) is 0 Å². The summed E-state index contributed by atoms with van der Waals surface area (Å²) in [4.78, 5) is 25.0. The molecule has 0 fully saturated rings. The molecule has 0 rings (SSSR count). The van der Waals surface area contributed by atoms with Crippen molar-refractivity contribution >= 4 is 53.2 Å². The summed E-state index contributed by atoms with van der Waals surface area (Å²) in [5.41, 5.74) is 0. The molecule has 0 unspecified atom stereocenters. The smallest absolute Gasteiger partial charge is 0.652 e. The summed E-state index contributed by atoms with van der Waals surface area (Å²) < 4.78 is 29.0. The number of carbonyl (C=O) groups is 3. The standard InChI is InChI=1S/CHF3.3CH2O3.2Al/c4*2-1(3)4;;/h1H;3*(H2,2,3,4);;/q;;;;2*+3/p-6. The largest absolute Gasteiger partial charge is 3.00 e. The average molecular weight is 304 g/mol. The Balaban J connectivity index is -0.0000000257. The van der Waals surface area contributed by atoms with Crippen LogP contribution in [0.2, 0.25) is 0 Å². The monoisotopic (exact) mass is 304 g/mol. The minimum atomic E-state index is -3.67. The quantitative estimate of drug-likeness (QED) is 0.391. The van der Waals surface area contributed by atoms with Crippen LogP contribution in [0.4, 0.5) is 27.6 Å². The molecule has 0 atom stereocenters. The zero-order chi connectivity index (χ0) is 14.3. The van der Waals surface area contributed by atoms with Gasteiger partial charge in [0.25, 0.3) is 0 Å². The summed E-state index contributed by atoms with van der Waals surface area (Å²) >= 11 is 0. The van der Waals surface area contributed by atoms with E-state index in [9.17, 15) is 13.2 Å². The van der Waals surface area contributed by atoms with Crippen LogP contribution >= 0.6 is 0 Å². The summed E-state index contributed by atoms with van der Waals surface area (Å²) in [6, 6.07) is 0. The van der Waals surface area contributed by atoms with Gasteiger partial charge in [-0.25, -0.2) is 0 Å². The molecule has 0 aromatic heterocycles. The van der Waals surface area contributed by atoms with Gasteiger partial charge >= 0.3 is 41.4 Å². The van der Waals surface area contributed by atoms with E-state index in [2.05, 4.69) is 0 Å². The molecule has 98 valence electrons. The minimum Gasteiger partial charge on any atom is -0.652 e. The van der Waals surface area contributed by atoms with Crippen LogP contribution in [-0.4, -0.2) is 59.9 Å². The van der Waals surface area contributed by atoms with Gasteiger partial charge in [0.1, 0.15) is 0 Å². The van der Waals surface area contributed by atoms with Crippen LogP contribution in [0.15, 0.2) is 0 Å². The van der Waals surface area contributed by atoms with Gasteiger partial charge in [0, 0.05) is 0 Å². The zero-order valence-corrected chi connectivity index (χ0v) is 10.3. The number of alkyl halides is 3. The van der Waals surface area contributed by atoms with Crippen LogP contribution in [0.5, 0.6) is 0 Å². The molecule has 0 saturated carbocycles. The van der Waals surface area contributed by atoms with Crippen molar-refractivity contribution in [3.8, 4) is 0 Å². The first-order valence-electron chi connectivity index (χ1n) is 2.49. The molecule has 0 aromatic rings. The van der Waals surface area contributed by atoms with E-state index in [-0.39, 0.29) is 34.7 Å². The van der Waals surface area contributed by atoms with Crippen LogP contribution in [-0.2, 0) is 0 Å². The molecule has 0 spiro atoms. The van der Waals surface area contributed by atoms with E-state index in [1.54, 1.807) is 0 Å². The maximum Gasteiger partial charge on any atom is 3.00 e. The van der Waals surface area contributed by atoms with E-state index in [0.29, 0.717) is 0 Å². The Morgan fingerprint density at radius 3 is 0.611 bits per heavy atom. The van der Waals surface area contributed by atoms with E-state index in [1.165, 1.54) is 0 Å². The third-order valence-electron chi connectivity index (χ3n) is 0. The summed E-state index contributed by atoms with van der Waals surface area (Å²) in [6.45, 7) is -3.67. The van der Waals surface area contributed by atoms with Gasteiger partial charge in [-0.3, -0.25) is 0 Å². The van der Waals surface area contributed by atoms with Gasteiger partial charge in [-0.05, 0) is 18.5 Å². The normalized spacial score (nSPS) is 6.00. The zero-order valence-electron chi connectivity index (χ0n) is 8.04. The third kappa shape index (κ3) is 1540. The summed E-state index contributed by atoms with van der Waals surface area (Å²) in [6.07, 6.45) is -7.00. The number of halogens is 3. The topological polar surface area (TPSA) is 190 Å². The Hall–Kier alpha value is -1.34. The summed E-state index contributed by atoms with van der Waals surface area (Å²) in [5, 5.41) is 50.0. The van der Waals surface area contributed by atoms with Crippen LogP contribution in [0.3, 0.4) is 0 Å². The molecule has 0 bridgehead atoms. The molecule has 0 heterocycles. The first kappa shape index (κ1) is 36.0. The van der Waals surface area contributed by atoms with Crippen molar-refractivity contribution in [2.75, 3.05) is 0 Å². The Bertz CT molecular complexity index is 159. The molecule has 0 saturated heterocycles. The van der Waals surface area contributed by atoms with E-state index in [4.69, 9.17) is 45.0 Å². The maximum absolute atomic E-state index is 9.67. The number of hydrogen-bond donors (Lipinski definition) is 0. The SMILES string of the molecule is FC(F)F.O=C([O-])[O-].O=C([O-])[O-].O=C([O-])[O-].[Al+3].[Al+3]. The number of carboxylic acid groups (broad SMARTS) is 6. The number of carbonyl (C=O) groups excluding carboxylic acids is 3. The van der Waals surface area contributed by atoms with Crippen molar-refractivity contribution in [3.63, 3.8) is 0 Å². The Labute approximate surface area is 118 Å². The van der Waals surface area contributed by atoms with Gasteiger partial charge in [-0.2, -0.15) is 13.2 Å². The fourth-order valence-electron chi connectivity index (χ4n) is 0. The molecule has 9 nitrogen and oxygen atoms in total. The van der Waals surface area contributed by atoms with Crippen LogP contribution in [0.25, 0.3) is 0 Å². The predicted octanol–water partition coefficient (Wildman–Crippen LogP) is -6.92. The summed E-state index contributed by atoms with van der Waals surface area (Å²) in [7, 11) is 0. The second kappa shape index (κ2) is 29.6. The molecule has 0 aliphatic heterocycles.